The summed E-state index contributed by atoms with van der Waals surface area (Å²) in [4.78, 5) is 10.1. The zero-order chi connectivity index (χ0) is 10.6. The Balaban J connectivity index is 4.24. The van der Waals surface area contributed by atoms with Crippen molar-refractivity contribution in [2.75, 3.05) is 6.54 Å². The molecule has 0 aliphatic heterocycles. The van der Waals surface area contributed by atoms with Gasteiger partial charge in [0.1, 0.15) is 12.2 Å². The second-order valence-corrected chi connectivity index (χ2v) is 2.57. The van der Waals surface area contributed by atoms with Crippen molar-refractivity contribution in [1.29, 1.82) is 0 Å². The number of carboxylic acid groups (broad SMARTS) is 1. The molecular weight excluding hydrogens is 182 g/mol. The minimum atomic E-state index is -2.14. The monoisotopic (exact) mass is 195 g/mol. The topological polar surface area (TPSA) is 144 Å². The predicted molar refractivity (Wildman–Crippen MR) is 40.7 cm³/mol. The number of aliphatic hydroxyl groups is 4. The van der Waals surface area contributed by atoms with Gasteiger partial charge in [-0.3, -0.25) is 0 Å². The zero-order valence-corrected chi connectivity index (χ0v) is 6.74. The van der Waals surface area contributed by atoms with Gasteiger partial charge in [0.25, 0.3) is 0 Å². The second-order valence-electron chi connectivity index (χ2n) is 2.57. The third kappa shape index (κ3) is 3.25. The van der Waals surface area contributed by atoms with Crippen LogP contribution < -0.4 is 5.73 Å². The smallest absolute Gasteiger partial charge is 0.335 e. The summed E-state index contributed by atoms with van der Waals surface area (Å²) in [7, 11) is 0. The lowest BCUT2D eigenvalue weighted by atomic mass is 10.0. The van der Waals surface area contributed by atoms with Gasteiger partial charge in [0, 0.05) is 6.54 Å². The standard InChI is InChI=1S/C6H13NO6/c7-1-2(8)3(9)4(10)5(11)6(12)13/h2-5,8-11H,1,7H2,(H,12,13). The Morgan fingerprint density at radius 1 is 1.15 bits per heavy atom. The molecule has 0 amide bonds. The van der Waals surface area contributed by atoms with Crippen molar-refractivity contribution in [3.63, 3.8) is 0 Å². The molecule has 0 aliphatic carbocycles. The van der Waals surface area contributed by atoms with E-state index in [1.54, 1.807) is 0 Å². The molecule has 7 N–H and O–H groups in total. The molecule has 0 heterocycles. The van der Waals surface area contributed by atoms with Gasteiger partial charge in [0.15, 0.2) is 6.10 Å². The largest absolute Gasteiger partial charge is 0.479 e. The Morgan fingerprint density at radius 2 is 1.62 bits per heavy atom. The predicted octanol–water partition coefficient (Wildman–Crippen LogP) is -3.53. The van der Waals surface area contributed by atoms with Crippen LogP contribution in [-0.2, 0) is 4.79 Å². The van der Waals surface area contributed by atoms with Gasteiger partial charge in [0.05, 0.1) is 6.10 Å². The summed E-state index contributed by atoms with van der Waals surface area (Å²) >= 11 is 0. The van der Waals surface area contributed by atoms with Crippen molar-refractivity contribution in [1.82, 2.24) is 0 Å². The van der Waals surface area contributed by atoms with Crippen LogP contribution in [0.25, 0.3) is 0 Å². The first kappa shape index (κ1) is 12.3. The van der Waals surface area contributed by atoms with Crippen LogP contribution in [0.5, 0.6) is 0 Å². The molecule has 78 valence electrons. The van der Waals surface area contributed by atoms with Gasteiger partial charge in [-0.1, -0.05) is 0 Å². The maximum atomic E-state index is 10.1. The SMILES string of the molecule is NCC(O)C(O)C(O)C(O)C(=O)O. The number of rotatable bonds is 5. The van der Waals surface area contributed by atoms with Gasteiger partial charge in [-0.05, 0) is 0 Å². The molecule has 0 saturated carbocycles. The Bertz CT molecular complexity index is 175. The summed E-state index contributed by atoms with van der Waals surface area (Å²) < 4.78 is 0. The molecule has 0 aromatic heterocycles. The van der Waals surface area contributed by atoms with E-state index in [2.05, 4.69) is 0 Å². The van der Waals surface area contributed by atoms with E-state index in [1.807, 2.05) is 0 Å². The van der Waals surface area contributed by atoms with Gasteiger partial charge >= 0.3 is 5.97 Å². The number of aliphatic hydroxyl groups excluding tert-OH is 4. The summed E-state index contributed by atoms with van der Waals surface area (Å²) in [6.45, 7) is -0.343. The summed E-state index contributed by atoms with van der Waals surface area (Å²) in [5.74, 6) is -1.68. The first-order valence-electron chi connectivity index (χ1n) is 3.57. The molecule has 0 aromatic carbocycles. The molecule has 0 aliphatic rings. The Kier molecular flexibility index (Phi) is 4.81. The van der Waals surface area contributed by atoms with Crippen LogP contribution >= 0.6 is 0 Å². The van der Waals surface area contributed by atoms with Gasteiger partial charge < -0.3 is 31.3 Å². The lowest BCUT2D eigenvalue weighted by Gasteiger charge is -2.23. The average molecular weight is 195 g/mol. The highest BCUT2D eigenvalue weighted by Crippen LogP contribution is 2.04. The maximum absolute atomic E-state index is 10.1. The number of nitrogens with two attached hydrogens (primary N) is 1. The lowest BCUT2D eigenvalue weighted by molar-refractivity contribution is -0.162. The van der Waals surface area contributed by atoms with Gasteiger partial charge in [0.2, 0.25) is 0 Å². The molecule has 0 aromatic rings. The number of hydrogen-bond acceptors (Lipinski definition) is 6. The number of carbonyl (C=O) groups is 1. The molecule has 4 unspecified atom stereocenters. The third-order valence-corrected chi connectivity index (χ3v) is 1.56. The quantitative estimate of drug-likeness (QED) is 0.266. The molecule has 0 rings (SSSR count). The molecule has 13 heavy (non-hydrogen) atoms. The molecule has 0 saturated heterocycles. The fraction of sp³-hybridized carbons (Fsp3) is 0.833. The van der Waals surface area contributed by atoms with Crippen molar-refractivity contribution in [2.45, 2.75) is 24.4 Å². The van der Waals surface area contributed by atoms with Crippen LogP contribution in [0.2, 0.25) is 0 Å². The van der Waals surface area contributed by atoms with Crippen molar-refractivity contribution in [3.8, 4) is 0 Å². The highest BCUT2D eigenvalue weighted by Gasteiger charge is 2.33. The number of aliphatic carboxylic acids is 1. The number of carboxylic acids is 1. The molecule has 7 heteroatoms. The average Bonchev–Trinajstić information content (AvgIpc) is 2.12. The normalized spacial score (nSPS) is 20.4. The van der Waals surface area contributed by atoms with E-state index in [4.69, 9.17) is 31.3 Å². The van der Waals surface area contributed by atoms with E-state index in [1.165, 1.54) is 0 Å². The summed E-state index contributed by atoms with van der Waals surface area (Å²) in [5, 5.41) is 43.8. The van der Waals surface area contributed by atoms with Gasteiger partial charge in [-0.15, -0.1) is 0 Å². The van der Waals surface area contributed by atoms with E-state index in [-0.39, 0.29) is 6.54 Å². The first-order chi connectivity index (χ1) is 5.91. The number of hydrogen-bond donors (Lipinski definition) is 6. The second kappa shape index (κ2) is 5.10. The fourth-order valence-electron chi connectivity index (χ4n) is 0.700. The van der Waals surface area contributed by atoms with Crippen LogP contribution in [0, 0.1) is 0 Å². The van der Waals surface area contributed by atoms with E-state index < -0.39 is 30.4 Å². The summed E-state index contributed by atoms with van der Waals surface area (Å²) in [5.41, 5.74) is 4.94. The van der Waals surface area contributed by atoms with Crippen LogP contribution in [0.4, 0.5) is 0 Å². The molecule has 0 fully saturated rings. The van der Waals surface area contributed by atoms with Gasteiger partial charge in [-0.2, -0.15) is 0 Å². The highest BCUT2D eigenvalue weighted by molar-refractivity contribution is 5.72. The first-order valence-corrected chi connectivity index (χ1v) is 3.57. The molecule has 0 spiro atoms. The van der Waals surface area contributed by atoms with Crippen LogP contribution in [-0.4, -0.2) is 62.5 Å². The fourth-order valence-corrected chi connectivity index (χ4v) is 0.700. The molecule has 0 radical (unpaired) electrons. The minimum absolute atomic E-state index is 0.343. The Morgan fingerprint density at radius 3 is 1.92 bits per heavy atom. The molecule has 0 bridgehead atoms. The maximum Gasteiger partial charge on any atom is 0.335 e. The highest BCUT2D eigenvalue weighted by atomic mass is 16.4. The Labute approximate surface area is 74.0 Å². The van der Waals surface area contributed by atoms with Crippen molar-refractivity contribution < 1.29 is 30.3 Å². The lowest BCUT2D eigenvalue weighted by Crippen LogP contribution is -2.49. The van der Waals surface area contributed by atoms with E-state index in [9.17, 15) is 4.79 Å². The zero-order valence-electron chi connectivity index (χ0n) is 6.74. The van der Waals surface area contributed by atoms with E-state index in [0.717, 1.165) is 0 Å². The van der Waals surface area contributed by atoms with Crippen molar-refractivity contribution in [3.05, 3.63) is 0 Å². The van der Waals surface area contributed by atoms with E-state index in [0.29, 0.717) is 0 Å². The van der Waals surface area contributed by atoms with Gasteiger partial charge in [-0.25, -0.2) is 4.79 Å². The summed E-state index contributed by atoms with van der Waals surface area (Å²) in [6, 6.07) is 0. The Hall–Kier alpha value is -0.730. The summed E-state index contributed by atoms with van der Waals surface area (Å²) in [6.07, 6.45) is -7.35. The minimum Gasteiger partial charge on any atom is -0.479 e. The third-order valence-electron chi connectivity index (χ3n) is 1.56. The molecule has 4 atom stereocenters. The van der Waals surface area contributed by atoms with Crippen LogP contribution in [0.3, 0.4) is 0 Å². The van der Waals surface area contributed by atoms with E-state index >= 15 is 0 Å². The van der Waals surface area contributed by atoms with Crippen LogP contribution in [0.1, 0.15) is 0 Å². The van der Waals surface area contributed by atoms with Crippen molar-refractivity contribution >= 4 is 5.97 Å². The molecular formula is C6H13NO6. The van der Waals surface area contributed by atoms with Crippen molar-refractivity contribution in [2.24, 2.45) is 5.73 Å². The van der Waals surface area contributed by atoms with Crippen LogP contribution in [0.15, 0.2) is 0 Å². The molecule has 7 nitrogen and oxygen atoms in total.